The zero-order chi connectivity index (χ0) is 16.9. The summed E-state index contributed by atoms with van der Waals surface area (Å²) in [6.07, 6.45) is 0. The molecule has 0 radical (unpaired) electrons. The van der Waals surface area contributed by atoms with E-state index in [2.05, 4.69) is 15.5 Å². The van der Waals surface area contributed by atoms with Crippen molar-refractivity contribution < 1.29 is 9.18 Å². The van der Waals surface area contributed by atoms with Gasteiger partial charge in [-0.1, -0.05) is 59.0 Å². The molecule has 0 saturated carbocycles. The molecular weight excluding hydrogens is 345 g/mol. The second kappa shape index (κ2) is 7.55. The van der Waals surface area contributed by atoms with Crippen molar-refractivity contribution in [2.75, 3.05) is 5.32 Å². The van der Waals surface area contributed by atoms with E-state index in [-0.39, 0.29) is 11.7 Å². The second-order valence-corrected chi connectivity index (χ2v) is 7.27. The Morgan fingerprint density at radius 1 is 1.17 bits per heavy atom. The molecule has 3 aromatic rings. The van der Waals surface area contributed by atoms with Crippen molar-refractivity contribution in [3.05, 3.63) is 71.0 Å². The molecule has 1 aromatic heterocycles. The van der Waals surface area contributed by atoms with Crippen LogP contribution in [0.5, 0.6) is 0 Å². The molecule has 0 fully saturated rings. The van der Waals surface area contributed by atoms with E-state index < -0.39 is 0 Å². The number of aromatic nitrogens is 2. The monoisotopic (exact) mass is 359 g/mol. The summed E-state index contributed by atoms with van der Waals surface area (Å²) in [7, 11) is 0. The van der Waals surface area contributed by atoms with E-state index in [9.17, 15) is 9.18 Å². The predicted molar refractivity (Wildman–Crippen MR) is 95.0 cm³/mol. The largest absolute Gasteiger partial charge is 0.296 e. The van der Waals surface area contributed by atoms with E-state index >= 15 is 0 Å². The highest BCUT2D eigenvalue weighted by atomic mass is 32.2. The van der Waals surface area contributed by atoms with Crippen LogP contribution in [0.25, 0.3) is 0 Å². The van der Waals surface area contributed by atoms with Crippen molar-refractivity contribution in [3.8, 4) is 0 Å². The highest BCUT2D eigenvalue weighted by molar-refractivity contribution is 8.00. The van der Waals surface area contributed by atoms with Crippen molar-refractivity contribution in [1.29, 1.82) is 0 Å². The van der Waals surface area contributed by atoms with Crippen molar-refractivity contribution >= 4 is 34.1 Å². The summed E-state index contributed by atoms with van der Waals surface area (Å²) in [6, 6.07) is 13.9. The minimum absolute atomic E-state index is 0.225. The quantitative estimate of drug-likeness (QED) is 0.537. The van der Waals surface area contributed by atoms with Crippen molar-refractivity contribution in [3.63, 3.8) is 0 Å². The summed E-state index contributed by atoms with van der Waals surface area (Å²) in [6.45, 7) is 1.96. The number of aryl methyl sites for hydroxylation is 1. The van der Waals surface area contributed by atoms with Crippen LogP contribution in [0.4, 0.5) is 9.52 Å². The van der Waals surface area contributed by atoms with E-state index in [4.69, 9.17) is 0 Å². The molecule has 0 atom stereocenters. The molecule has 0 saturated heterocycles. The lowest BCUT2D eigenvalue weighted by atomic mass is 10.1. The fourth-order valence-corrected chi connectivity index (χ4v) is 3.68. The van der Waals surface area contributed by atoms with E-state index in [1.807, 2.05) is 19.1 Å². The van der Waals surface area contributed by atoms with E-state index in [0.717, 1.165) is 5.56 Å². The first-order valence-corrected chi connectivity index (χ1v) is 9.00. The lowest BCUT2D eigenvalue weighted by Crippen LogP contribution is -2.11. The number of anilines is 1. The molecule has 2 aromatic carbocycles. The molecule has 1 heterocycles. The van der Waals surface area contributed by atoms with Gasteiger partial charge in [0.05, 0.1) is 0 Å². The third kappa shape index (κ3) is 4.18. The summed E-state index contributed by atoms with van der Waals surface area (Å²) in [5.41, 5.74) is 2.27. The van der Waals surface area contributed by atoms with Gasteiger partial charge in [0.25, 0.3) is 5.91 Å². The molecule has 122 valence electrons. The van der Waals surface area contributed by atoms with E-state index in [1.54, 1.807) is 30.3 Å². The standard InChI is InChI=1S/C17H14FN3OS2/c1-11-6-8-12(9-7-11)15(22)19-16-20-21-17(24-16)23-10-13-4-2-3-5-14(13)18/h2-9H,10H2,1H3,(H,19,20,22). The fraction of sp³-hybridized carbons (Fsp3) is 0.118. The summed E-state index contributed by atoms with van der Waals surface area (Å²) < 4.78 is 14.3. The zero-order valence-corrected chi connectivity index (χ0v) is 14.5. The first-order chi connectivity index (χ1) is 11.6. The van der Waals surface area contributed by atoms with Crippen LogP contribution in [0.3, 0.4) is 0 Å². The molecule has 24 heavy (non-hydrogen) atoms. The number of benzene rings is 2. The Bertz CT molecular complexity index is 849. The predicted octanol–water partition coefficient (Wildman–Crippen LogP) is 4.53. The summed E-state index contributed by atoms with van der Waals surface area (Å²) >= 11 is 2.66. The molecule has 0 aliphatic heterocycles. The average Bonchev–Trinajstić information content (AvgIpc) is 3.02. The van der Waals surface area contributed by atoms with Crippen LogP contribution in [0.2, 0.25) is 0 Å². The number of thioether (sulfide) groups is 1. The number of nitrogens with one attached hydrogen (secondary N) is 1. The van der Waals surface area contributed by atoms with E-state index in [0.29, 0.717) is 26.4 Å². The number of nitrogens with zero attached hydrogens (tertiary/aromatic N) is 2. The van der Waals surface area contributed by atoms with Gasteiger partial charge in [-0.25, -0.2) is 4.39 Å². The molecule has 1 amide bonds. The van der Waals surface area contributed by atoms with Crippen LogP contribution in [-0.2, 0) is 5.75 Å². The maximum Gasteiger partial charge on any atom is 0.257 e. The smallest absolute Gasteiger partial charge is 0.257 e. The number of carbonyl (C=O) groups excluding carboxylic acids is 1. The minimum atomic E-state index is -0.234. The molecule has 7 heteroatoms. The Morgan fingerprint density at radius 3 is 2.67 bits per heavy atom. The Morgan fingerprint density at radius 2 is 1.92 bits per heavy atom. The van der Waals surface area contributed by atoms with Crippen LogP contribution in [-0.4, -0.2) is 16.1 Å². The van der Waals surface area contributed by atoms with Crippen molar-refractivity contribution in [2.24, 2.45) is 0 Å². The first-order valence-electron chi connectivity index (χ1n) is 7.19. The highest BCUT2D eigenvalue weighted by Crippen LogP contribution is 2.29. The summed E-state index contributed by atoms with van der Waals surface area (Å²) in [4.78, 5) is 12.1. The van der Waals surface area contributed by atoms with Crippen LogP contribution >= 0.6 is 23.1 Å². The topological polar surface area (TPSA) is 54.9 Å². The zero-order valence-electron chi connectivity index (χ0n) is 12.8. The maximum absolute atomic E-state index is 13.6. The molecular formula is C17H14FN3OS2. The van der Waals surface area contributed by atoms with Gasteiger partial charge in [-0.2, -0.15) is 0 Å². The highest BCUT2D eigenvalue weighted by Gasteiger charge is 2.11. The Kier molecular flexibility index (Phi) is 5.22. The van der Waals surface area contributed by atoms with Crippen LogP contribution in [0.15, 0.2) is 52.9 Å². The minimum Gasteiger partial charge on any atom is -0.296 e. The van der Waals surface area contributed by atoms with Gasteiger partial charge in [-0.3, -0.25) is 10.1 Å². The molecule has 4 nitrogen and oxygen atoms in total. The molecule has 0 spiro atoms. The van der Waals surface area contributed by atoms with Gasteiger partial charge < -0.3 is 0 Å². The number of halogens is 1. The van der Waals surface area contributed by atoms with Crippen molar-refractivity contribution in [1.82, 2.24) is 10.2 Å². The maximum atomic E-state index is 13.6. The molecule has 3 rings (SSSR count). The fourth-order valence-electron chi connectivity index (χ4n) is 1.95. The molecule has 0 unspecified atom stereocenters. The van der Waals surface area contributed by atoms with Gasteiger partial charge in [0.2, 0.25) is 5.13 Å². The lowest BCUT2D eigenvalue weighted by molar-refractivity contribution is 0.102. The second-order valence-electron chi connectivity index (χ2n) is 5.07. The Labute approximate surface area is 147 Å². The Balaban J connectivity index is 1.60. The van der Waals surface area contributed by atoms with Crippen LogP contribution in [0, 0.1) is 12.7 Å². The van der Waals surface area contributed by atoms with Gasteiger partial charge >= 0.3 is 0 Å². The number of hydrogen-bond donors (Lipinski definition) is 1. The number of hydrogen-bond acceptors (Lipinski definition) is 5. The third-order valence-corrected chi connectivity index (χ3v) is 5.27. The first kappa shape index (κ1) is 16.6. The van der Waals surface area contributed by atoms with E-state index in [1.165, 1.54) is 29.2 Å². The number of amides is 1. The average molecular weight is 359 g/mol. The molecule has 1 N–H and O–H groups in total. The Hall–Kier alpha value is -2.25. The van der Waals surface area contributed by atoms with Gasteiger partial charge in [0, 0.05) is 11.3 Å². The number of carbonyl (C=O) groups is 1. The van der Waals surface area contributed by atoms with Gasteiger partial charge in [-0.15, -0.1) is 10.2 Å². The van der Waals surface area contributed by atoms with Crippen LogP contribution < -0.4 is 5.32 Å². The summed E-state index contributed by atoms with van der Waals surface area (Å²) in [5.74, 6) is 0.00643. The lowest BCUT2D eigenvalue weighted by Gasteiger charge is -2.01. The molecule has 0 bridgehead atoms. The van der Waals surface area contributed by atoms with Crippen molar-refractivity contribution in [2.45, 2.75) is 17.0 Å². The molecule has 0 aliphatic rings. The third-order valence-electron chi connectivity index (χ3n) is 3.25. The van der Waals surface area contributed by atoms with Crippen LogP contribution in [0.1, 0.15) is 21.5 Å². The number of rotatable bonds is 5. The summed E-state index contributed by atoms with van der Waals surface area (Å²) in [5, 5.41) is 11.1. The normalized spacial score (nSPS) is 10.6. The van der Waals surface area contributed by atoms with Gasteiger partial charge in [0.1, 0.15) is 5.82 Å². The molecule has 0 aliphatic carbocycles. The van der Waals surface area contributed by atoms with Gasteiger partial charge in [0.15, 0.2) is 4.34 Å². The SMILES string of the molecule is Cc1ccc(C(=O)Nc2nnc(SCc3ccccc3F)s2)cc1. The van der Waals surface area contributed by atoms with Gasteiger partial charge in [-0.05, 0) is 30.7 Å².